The summed E-state index contributed by atoms with van der Waals surface area (Å²) in [6.45, 7) is 4.36. The second kappa shape index (κ2) is 9.83. The van der Waals surface area contributed by atoms with Crippen LogP contribution in [0.1, 0.15) is 63.9 Å². The van der Waals surface area contributed by atoms with Gasteiger partial charge >= 0.3 is 5.97 Å². The number of benzene rings is 1. The van der Waals surface area contributed by atoms with Crippen molar-refractivity contribution in [2.24, 2.45) is 0 Å². The smallest absolute Gasteiger partial charge is 0.336 e. The van der Waals surface area contributed by atoms with Crippen molar-refractivity contribution in [2.45, 2.75) is 58.3 Å². The van der Waals surface area contributed by atoms with Crippen LogP contribution in [0.3, 0.4) is 0 Å². The molecule has 1 aromatic carbocycles. The molecule has 0 fully saturated rings. The molecule has 0 unspecified atom stereocenters. The molecule has 0 spiro atoms. The second-order valence-corrected chi connectivity index (χ2v) is 7.72. The Balaban J connectivity index is 2.04. The number of hydrogen-bond donors (Lipinski definition) is 1. The van der Waals surface area contributed by atoms with Crippen molar-refractivity contribution in [3.8, 4) is 11.5 Å². The maximum absolute atomic E-state index is 13.1. The zero-order valence-electron chi connectivity index (χ0n) is 18.3. The lowest BCUT2D eigenvalue weighted by Gasteiger charge is -2.34. The van der Waals surface area contributed by atoms with Gasteiger partial charge in [-0.05, 0) is 43.9 Å². The molecule has 162 valence electrons. The highest BCUT2D eigenvalue weighted by Gasteiger charge is 2.39. The first kappa shape index (κ1) is 21.9. The zero-order valence-corrected chi connectivity index (χ0v) is 18.3. The second-order valence-electron chi connectivity index (χ2n) is 7.72. The summed E-state index contributed by atoms with van der Waals surface area (Å²) < 4.78 is 16.4. The Bertz CT molecular complexity index is 884. The number of hydrogen-bond acceptors (Lipinski definition) is 6. The van der Waals surface area contributed by atoms with Gasteiger partial charge in [0.05, 0.1) is 26.4 Å². The predicted octanol–water partition coefficient (Wildman–Crippen LogP) is 4.41. The minimum atomic E-state index is -0.479. The Kier molecular flexibility index (Phi) is 7.19. The van der Waals surface area contributed by atoms with E-state index in [1.165, 1.54) is 0 Å². The first-order valence-electron chi connectivity index (χ1n) is 10.6. The molecular formula is C24H31NO5. The summed E-state index contributed by atoms with van der Waals surface area (Å²) in [5.74, 6) is 0.386. The number of ether oxygens (including phenoxy) is 3. The van der Waals surface area contributed by atoms with Crippen molar-refractivity contribution in [2.75, 3.05) is 20.8 Å². The first-order valence-corrected chi connectivity index (χ1v) is 10.6. The van der Waals surface area contributed by atoms with Crippen molar-refractivity contribution < 1.29 is 23.8 Å². The third kappa shape index (κ3) is 4.37. The lowest BCUT2D eigenvalue weighted by atomic mass is 9.75. The van der Waals surface area contributed by atoms with E-state index in [0.29, 0.717) is 35.7 Å². The molecular weight excluding hydrogens is 382 g/mol. The summed E-state index contributed by atoms with van der Waals surface area (Å²) in [6, 6.07) is 5.55. The number of nitrogens with one attached hydrogen (secondary N) is 1. The van der Waals surface area contributed by atoms with Gasteiger partial charge in [-0.15, -0.1) is 0 Å². The molecule has 0 saturated carbocycles. The maximum Gasteiger partial charge on any atom is 0.336 e. The quantitative estimate of drug-likeness (QED) is 0.503. The van der Waals surface area contributed by atoms with E-state index in [1.54, 1.807) is 14.2 Å². The molecule has 6 heteroatoms. The van der Waals surface area contributed by atoms with Gasteiger partial charge in [0.2, 0.25) is 0 Å². The van der Waals surface area contributed by atoms with Crippen molar-refractivity contribution in [3.05, 3.63) is 46.3 Å². The highest BCUT2D eigenvalue weighted by atomic mass is 16.5. The number of esters is 1. The number of carbonyl (C=O) groups excluding carboxylic acids is 2. The van der Waals surface area contributed by atoms with Crippen LogP contribution < -0.4 is 14.8 Å². The Hall–Kier alpha value is -2.76. The summed E-state index contributed by atoms with van der Waals surface area (Å²) in [6.07, 6.45) is 4.99. The molecule has 0 radical (unpaired) electrons. The van der Waals surface area contributed by atoms with Crippen molar-refractivity contribution in [1.82, 2.24) is 5.32 Å². The van der Waals surface area contributed by atoms with E-state index in [-0.39, 0.29) is 11.8 Å². The van der Waals surface area contributed by atoms with Gasteiger partial charge in [-0.3, -0.25) is 4.79 Å². The Labute approximate surface area is 178 Å². The molecule has 3 rings (SSSR count). The van der Waals surface area contributed by atoms with Crippen LogP contribution in [0.4, 0.5) is 0 Å². The summed E-state index contributed by atoms with van der Waals surface area (Å²) >= 11 is 0. The molecule has 0 bridgehead atoms. The SMILES string of the molecule is CCCCCOC(=O)C1=C(C)NC2=C(C(=O)CCC2)[C@H]1c1ccc(OC)c(OC)c1. The molecule has 0 saturated heterocycles. The summed E-state index contributed by atoms with van der Waals surface area (Å²) in [5.41, 5.74) is 3.62. The van der Waals surface area contributed by atoms with E-state index in [2.05, 4.69) is 12.2 Å². The first-order chi connectivity index (χ1) is 14.5. The third-order valence-electron chi connectivity index (χ3n) is 5.72. The minimum Gasteiger partial charge on any atom is -0.493 e. The molecule has 1 heterocycles. The van der Waals surface area contributed by atoms with Crippen LogP contribution in [0.25, 0.3) is 0 Å². The molecule has 2 aliphatic rings. The highest BCUT2D eigenvalue weighted by Crippen LogP contribution is 2.44. The van der Waals surface area contributed by atoms with Crippen molar-refractivity contribution in [1.29, 1.82) is 0 Å². The Morgan fingerprint density at radius 3 is 2.60 bits per heavy atom. The Morgan fingerprint density at radius 2 is 1.90 bits per heavy atom. The van der Waals surface area contributed by atoms with Gasteiger partial charge in [-0.2, -0.15) is 0 Å². The number of Topliss-reactive ketones (excluding diaryl/α,β-unsaturated/α-hetero) is 1. The van der Waals surface area contributed by atoms with E-state index in [4.69, 9.17) is 14.2 Å². The van der Waals surface area contributed by atoms with Crippen molar-refractivity contribution >= 4 is 11.8 Å². The third-order valence-corrected chi connectivity index (χ3v) is 5.72. The molecule has 1 aliphatic carbocycles. The summed E-state index contributed by atoms with van der Waals surface area (Å²) in [5, 5.41) is 3.31. The minimum absolute atomic E-state index is 0.0762. The van der Waals surface area contributed by atoms with E-state index in [0.717, 1.165) is 49.1 Å². The molecule has 1 atom stereocenters. The van der Waals surface area contributed by atoms with Gasteiger partial charge in [0.25, 0.3) is 0 Å². The molecule has 30 heavy (non-hydrogen) atoms. The number of allylic oxidation sites excluding steroid dienone is 3. The molecule has 6 nitrogen and oxygen atoms in total. The Morgan fingerprint density at radius 1 is 1.13 bits per heavy atom. The fourth-order valence-corrected chi connectivity index (χ4v) is 4.21. The van der Waals surface area contributed by atoms with E-state index < -0.39 is 5.92 Å². The van der Waals surface area contributed by atoms with Gasteiger partial charge in [-0.25, -0.2) is 4.79 Å². The number of carbonyl (C=O) groups is 2. The van der Waals surface area contributed by atoms with Gasteiger partial charge < -0.3 is 19.5 Å². The van der Waals surface area contributed by atoms with E-state index in [1.807, 2.05) is 25.1 Å². The summed E-state index contributed by atoms with van der Waals surface area (Å²) in [4.78, 5) is 26.0. The van der Waals surface area contributed by atoms with Crippen molar-refractivity contribution in [3.63, 3.8) is 0 Å². The van der Waals surface area contributed by atoms with Crippen LogP contribution in [0.15, 0.2) is 40.7 Å². The average molecular weight is 414 g/mol. The van der Waals surface area contributed by atoms with Crippen LogP contribution in [0.2, 0.25) is 0 Å². The van der Waals surface area contributed by atoms with Crippen LogP contribution in [-0.2, 0) is 14.3 Å². The standard InChI is InChI=1S/C24H31NO5/c1-5-6-7-13-30-24(27)21-15(2)25-17-9-8-10-18(26)23(17)22(21)16-11-12-19(28-3)20(14-16)29-4/h11-12,14,22,25H,5-10,13H2,1-4H3/t22-/m0/s1. The van der Waals surface area contributed by atoms with E-state index >= 15 is 0 Å². The molecule has 1 aromatic rings. The average Bonchev–Trinajstić information content (AvgIpc) is 2.75. The zero-order chi connectivity index (χ0) is 21.7. The molecule has 0 amide bonds. The number of unbranched alkanes of at least 4 members (excludes halogenated alkanes) is 2. The van der Waals surface area contributed by atoms with Crippen LogP contribution >= 0.6 is 0 Å². The van der Waals surface area contributed by atoms with Gasteiger partial charge in [0.15, 0.2) is 17.3 Å². The van der Waals surface area contributed by atoms with Crippen LogP contribution in [0.5, 0.6) is 11.5 Å². The van der Waals surface area contributed by atoms with Gasteiger partial charge in [0, 0.05) is 29.3 Å². The highest BCUT2D eigenvalue weighted by molar-refractivity contribution is 6.03. The molecule has 1 N–H and O–H groups in total. The number of ketones is 1. The maximum atomic E-state index is 13.1. The lowest BCUT2D eigenvalue weighted by molar-refractivity contribution is -0.139. The molecule has 1 aliphatic heterocycles. The lowest BCUT2D eigenvalue weighted by Crippen LogP contribution is -2.34. The van der Waals surface area contributed by atoms with Gasteiger partial charge in [0.1, 0.15) is 0 Å². The largest absolute Gasteiger partial charge is 0.493 e. The van der Waals surface area contributed by atoms with E-state index in [9.17, 15) is 9.59 Å². The molecule has 0 aromatic heterocycles. The fourth-order valence-electron chi connectivity index (χ4n) is 4.21. The number of rotatable bonds is 8. The van der Waals surface area contributed by atoms with Crippen LogP contribution in [-0.4, -0.2) is 32.6 Å². The topological polar surface area (TPSA) is 73.9 Å². The van der Waals surface area contributed by atoms with Gasteiger partial charge in [-0.1, -0.05) is 25.8 Å². The monoisotopic (exact) mass is 413 g/mol. The predicted molar refractivity (Wildman–Crippen MR) is 114 cm³/mol. The normalized spacial score (nSPS) is 18.7. The summed E-state index contributed by atoms with van der Waals surface area (Å²) in [7, 11) is 3.15. The van der Waals surface area contributed by atoms with Crippen LogP contribution in [0, 0.1) is 0 Å². The number of dihydropyridines is 1. The number of methoxy groups -OCH3 is 2. The fraction of sp³-hybridized carbons (Fsp3) is 0.500.